The summed E-state index contributed by atoms with van der Waals surface area (Å²) in [6.45, 7) is 3.14. The molecule has 0 saturated carbocycles. The molecule has 5 rings (SSSR count). The van der Waals surface area contributed by atoms with Crippen LogP contribution in [0.5, 0.6) is 5.75 Å². The summed E-state index contributed by atoms with van der Waals surface area (Å²) in [5.41, 5.74) is 2.36. The summed E-state index contributed by atoms with van der Waals surface area (Å²) in [6.07, 6.45) is -3.92. The van der Waals surface area contributed by atoms with Crippen LogP contribution in [0, 0.1) is 0 Å². The molecule has 17 heteroatoms. The first-order chi connectivity index (χ1) is 24.7. The molecular formula is C35H38N4O12S. The lowest BCUT2D eigenvalue weighted by Crippen LogP contribution is -2.66. The number of nitrogens with zero attached hydrogens (tertiary/aromatic N) is 1. The predicted molar refractivity (Wildman–Crippen MR) is 189 cm³/mol. The van der Waals surface area contributed by atoms with Crippen LogP contribution in [0.3, 0.4) is 0 Å². The van der Waals surface area contributed by atoms with E-state index >= 15 is 0 Å². The monoisotopic (exact) mass is 738 g/mol. The van der Waals surface area contributed by atoms with Crippen LogP contribution in [0.1, 0.15) is 31.1 Å². The summed E-state index contributed by atoms with van der Waals surface area (Å²) >= 11 is 0. The van der Waals surface area contributed by atoms with E-state index < -0.39 is 64.5 Å². The number of para-hydroxylation sites is 2. The fourth-order valence-electron chi connectivity index (χ4n) is 5.93. The number of nitrogens with one attached hydrogen (secondary N) is 3. The summed E-state index contributed by atoms with van der Waals surface area (Å²) < 4.78 is 59.4. The third-order valence-corrected chi connectivity index (χ3v) is 8.56. The van der Waals surface area contributed by atoms with Crippen molar-refractivity contribution in [2.24, 2.45) is 0 Å². The van der Waals surface area contributed by atoms with E-state index in [0.717, 1.165) is 20.1 Å². The Bertz CT molecular complexity index is 2130. The van der Waals surface area contributed by atoms with Gasteiger partial charge in [-0.1, -0.05) is 30.3 Å². The van der Waals surface area contributed by atoms with Crippen molar-refractivity contribution in [2.45, 2.75) is 51.4 Å². The number of sulfonamides is 1. The molecule has 0 unspecified atom stereocenters. The fraction of sp³-hybridized carbons (Fsp3) is 0.343. The predicted octanol–water partition coefficient (Wildman–Crippen LogP) is 3.41. The Morgan fingerprint density at radius 1 is 0.865 bits per heavy atom. The normalized spacial score (nSPS) is 20.1. The summed E-state index contributed by atoms with van der Waals surface area (Å²) in [7, 11) is -0.778. The molecule has 0 aliphatic carbocycles. The number of pyridine rings is 1. The molecule has 3 aromatic carbocycles. The first-order valence-corrected chi connectivity index (χ1v) is 17.8. The van der Waals surface area contributed by atoms with Crippen molar-refractivity contribution in [2.75, 3.05) is 37.1 Å². The summed E-state index contributed by atoms with van der Waals surface area (Å²) in [4.78, 5) is 55.1. The van der Waals surface area contributed by atoms with E-state index in [1.165, 1.54) is 27.2 Å². The van der Waals surface area contributed by atoms with Crippen LogP contribution < -0.4 is 20.1 Å². The van der Waals surface area contributed by atoms with Crippen LogP contribution in [0.4, 0.5) is 17.1 Å². The summed E-state index contributed by atoms with van der Waals surface area (Å²) in [6, 6.07) is 15.8. The van der Waals surface area contributed by atoms with Crippen molar-refractivity contribution in [3.05, 3.63) is 66.2 Å². The van der Waals surface area contributed by atoms with E-state index in [-0.39, 0.29) is 12.2 Å². The van der Waals surface area contributed by atoms with Crippen molar-refractivity contribution in [3.63, 3.8) is 0 Å². The Labute approximate surface area is 299 Å². The highest BCUT2D eigenvalue weighted by atomic mass is 32.2. The lowest BCUT2D eigenvalue weighted by molar-refractivity contribution is -0.270. The topological polar surface area (TPSA) is 207 Å². The van der Waals surface area contributed by atoms with Gasteiger partial charge >= 0.3 is 17.9 Å². The van der Waals surface area contributed by atoms with Crippen molar-refractivity contribution < 1.29 is 56.0 Å². The molecule has 5 atom stereocenters. The van der Waals surface area contributed by atoms with Crippen LogP contribution in [-0.4, -0.2) is 94.9 Å². The maximum absolute atomic E-state index is 14.2. The molecule has 1 aliphatic rings. The second-order valence-electron chi connectivity index (χ2n) is 11.8. The highest BCUT2D eigenvalue weighted by Crippen LogP contribution is 2.38. The number of methoxy groups -OCH3 is 2. The van der Waals surface area contributed by atoms with Gasteiger partial charge in [0.05, 0.1) is 47.0 Å². The number of rotatable bonds is 12. The third-order valence-electron chi connectivity index (χ3n) is 7.95. The van der Waals surface area contributed by atoms with E-state index in [9.17, 15) is 27.6 Å². The average Bonchev–Trinajstić information content (AvgIpc) is 3.08. The van der Waals surface area contributed by atoms with Crippen molar-refractivity contribution in [3.8, 4) is 5.75 Å². The molecule has 0 radical (unpaired) electrons. The minimum Gasteiger partial charge on any atom is -0.494 e. The maximum atomic E-state index is 14.2. The molecule has 2 heterocycles. The number of aromatic nitrogens is 1. The molecule has 1 aliphatic heterocycles. The standard InChI is InChI=1S/C35H38N4O12S/c1-18(40)48-17-28-32(49-19(2)41)33(50-20(3)42)31(35(47-5)51-28)38-34(43)24-12-9-11-23-29(22-10-7-8-13-25(22)36-30(23)24)37-26-15-14-21(16-27(26)46-4)39-52(6,44)45/h7-16,28,31-33,35,39H,17H2,1-6H3,(H,36,37)(H,38,43)/t28-,31-,32-,33-,35+/m1/s1. The third kappa shape index (κ3) is 8.67. The SMILES string of the molecule is COc1cc(NS(C)(=O)=O)ccc1Nc1c2ccccc2nc2c(C(=O)N[C@H]3[C@@H](OC)O[C@H](COC(C)=O)[C@@H](OC(C)=O)[C@@H]3OC(C)=O)cccc12. The largest absolute Gasteiger partial charge is 0.494 e. The van der Waals surface area contributed by atoms with E-state index in [0.29, 0.717) is 44.6 Å². The average molecular weight is 739 g/mol. The summed E-state index contributed by atoms with van der Waals surface area (Å²) in [5, 5.41) is 7.48. The zero-order valence-electron chi connectivity index (χ0n) is 29.1. The highest BCUT2D eigenvalue weighted by Gasteiger charge is 2.51. The fourth-order valence-corrected chi connectivity index (χ4v) is 6.48. The van der Waals surface area contributed by atoms with E-state index in [2.05, 4.69) is 15.4 Å². The van der Waals surface area contributed by atoms with Gasteiger partial charge in [0.25, 0.3) is 5.91 Å². The van der Waals surface area contributed by atoms with Gasteiger partial charge in [-0.15, -0.1) is 0 Å². The van der Waals surface area contributed by atoms with Crippen LogP contribution >= 0.6 is 0 Å². The lowest BCUT2D eigenvalue weighted by atomic mass is 9.95. The van der Waals surface area contributed by atoms with Gasteiger partial charge in [0.1, 0.15) is 24.5 Å². The zero-order chi connectivity index (χ0) is 37.7. The number of ether oxygens (including phenoxy) is 6. The van der Waals surface area contributed by atoms with Gasteiger partial charge in [-0.05, 0) is 24.3 Å². The van der Waals surface area contributed by atoms with Crippen LogP contribution in [0.15, 0.2) is 60.7 Å². The number of fused-ring (bicyclic) bond motifs is 2. The van der Waals surface area contributed by atoms with Crippen LogP contribution in [0.2, 0.25) is 0 Å². The number of carbonyl (C=O) groups is 4. The van der Waals surface area contributed by atoms with Gasteiger partial charge in [0.15, 0.2) is 18.5 Å². The molecule has 0 bridgehead atoms. The van der Waals surface area contributed by atoms with Gasteiger partial charge in [0, 0.05) is 44.7 Å². The summed E-state index contributed by atoms with van der Waals surface area (Å²) in [5.74, 6) is -2.41. The first-order valence-electron chi connectivity index (χ1n) is 15.9. The van der Waals surface area contributed by atoms with Gasteiger partial charge in [-0.3, -0.25) is 23.9 Å². The molecule has 1 fully saturated rings. The number of benzene rings is 3. The minimum absolute atomic E-state index is 0.133. The van der Waals surface area contributed by atoms with E-state index in [1.54, 1.807) is 42.5 Å². The minimum atomic E-state index is -3.54. The smallest absolute Gasteiger partial charge is 0.303 e. The zero-order valence-corrected chi connectivity index (χ0v) is 29.9. The van der Waals surface area contributed by atoms with E-state index in [4.69, 9.17) is 33.4 Å². The van der Waals surface area contributed by atoms with Gasteiger partial charge < -0.3 is 39.1 Å². The molecule has 16 nitrogen and oxygen atoms in total. The van der Waals surface area contributed by atoms with Gasteiger partial charge in [-0.2, -0.15) is 0 Å². The second kappa shape index (κ2) is 15.8. The molecule has 4 aromatic rings. The molecule has 1 aromatic heterocycles. The Morgan fingerprint density at radius 3 is 2.21 bits per heavy atom. The molecule has 1 saturated heterocycles. The number of amides is 1. The van der Waals surface area contributed by atoms with E-state index in [1.807, 2.05) is 12.1 Å². The maximum Gasteiger partial charge on any atom is 0.303 e. The first kappa shape index (κ1) is 37.7. The number of carbonyl (C=O) groups excluding carboxylic acids is 4. The Hall–Kier alpha value is -5.52. The lowest BCUT2D eigenvalue weighted by Gasteiger charge is -2.44. The number of esters is 3. The number of hydrogen-bond acceptors (Lipinski definition) is 14. The Kier molecular flexibility index (Phi) is 11.5. The number of anilines is 3. The van der Waals surface area contributed by atoms with Crippen LogP contribution in [-0.2, 0) is 48.1 Å². The highest BCUT2D eigenvalue weighted by molar-refractivity contribution is 7.92. The van der Waals surface area contributed by atoms with Crippen molar-refractivity contribution in [1.82, 2.24) is 10.3 Å². The van der Waals surface area contributed by atoms with Crippen LogP contribution in [0.25, 0.3) is 21.8 Å². The number of hydrogen-bond donors (Lipinski definition) is 3. The van der Waals surface area contributed by atoms with Gasteiger partial charge in [-0.25, -0.2) is 13.4 Å². The Balaban J connectivity index is 1.57. The quantitative estimate of drug-likeness (QED) is 0.108. The van der Waals surface area contributed by atoms with Crippen molar-refractivity contribution >= 4 is 72.7 Å². The molecule has 0 spiro atoms. The molecular weight excluding hydrogens is 700 g/mol. The molecule has 1 amide bonds. The second-order valence-corrected chi connectivity index (χ2v) is 13.6. The van der Waals surface area contributed by atoms with Gasteiger partial charge in [0.2, 0.25) is 10.0 Å². The molecule has 52 heavy (non-hydrogen) atoms. The van der Waals surface area contributed by atoms with Crippen molar-refractivity contribution in [1.29, 1.82) is 0 Å². The molecule has 3 N–H and O–H groups in total. The molecule has 276 valence electrons. The Morgan fingerprint density at radius 2 is 1.56 bits per heavy atom.